The van der Waals surface area contributed by atoms with E-state index in [1.54, 1.807) is 6.20 Å². The molecule has 13 heavy (non-hydrogen) atoms. The smallest absolute Gasteiger partial charge is 0.138 e. The summed E-state index contributed by atoms with van der Waals surface area (Å²) in [4.78, 5) is 15.3. The highest BCUT2D eigenvalue weighted by Gasteiger charge is 2.24. The Labute approximate surface area is 76.5 Å². The van der Waals surface area contributed by atoms with Gasteiger partial charge in [-0.1, -0.05) is 0 Å². The van der Waals surface area contributed by atoms with Crippen LogP contribution < -0.4 is 0 Å². The van der Waals surface area contributed by atoms with Gasteiger partial charge >= 0.3 is 0 Å². The van der Waals surface area contributed by atoms with Crippen LogP contribution in [-0.4, -0.2) is 21.9 Å². The molecule has 0 spiro atoms. The van der Waals surface area contributed by atoms with Crippen LogP contribution in [0.25, 0.3) is 0 Å². The van der Waals surface area contributed by atoms with E-state index in [1.165, 1.54) is 0 Å². The molecule has 1 unspecified atom stereocenters. The first-order valence-electron chi connectivity index (χ1n) is 4.38. The van der Waals surface area contributed by atoms with E-state index in [-0.39, 0.29) is 11.9 Å². The predicted octanol–water partition coefficient (Wildman–Crippen LogP) is 0.841. The first-order valence-corrected chi connectivity index (χ1v) is 4.38. The van der Waals surface area contributed by atoms with Crippen LogP contribution in [0.3, 0.4) is 0 Å². The average Bonchev–Trinajstić information content (AvgIpc) is 2.51. The van der Waals surface area contributed by atoms with Crippen molar-refractivity contribution in [1.82, 2.24) is 9.55 Å². The van der Waals surface area contributed by atoms with Crippen LogP contribution in [-0.2, 0) is 16.6 Å². The summed E-state index contributed by atoms with van der Waals surface area (Å²) >= 11 is 0. The van der Waals surface area contributed by atoms with Gasteiger partial charge in [0.25, 0.3) is 0 Å². The summed E-state index contributed by atoms with van der Waals surface area (Å²) in [6, 6.07) is 0. The van der Waals surface area contributed by atoms with Crippen LogP contribution in [0.15, 0.2) is 12.4 Å². The molecule has 4 nitrogen and oxygen atoms in total. The van der Waals surface area contributed by atoms with Gasteiger partial charge in [0.05, 0.1) is 6.61 Å². The summed E-state index contributed by atoms with van der Waals surface area (Å²) in [5.74, 6) is 1.10. The molecule has 70 valence electrons. The van der Waals surface area contributed by atoms with Gasteiger partial charge in [-0.05, 0) is 0 Å². The summed E-state index contributed by atoms with van der Waals surface area (Å²) in [6.07, 6.45) is 4.45. The molecule has 1 aliphatic heterocycles. The molecule has 0 bridgehead atoms. The van der Waals surface area contributed by atoms with Gasteiger partial charge in [-0.25, -0.2) is 4.98 Å². The van der Waals surface area contributed by atoms with Crippen LogP contribution >= 0.6 is 0 Å². The third kappa shape index (κ3) is 1.62. The molecule has 1 fully saturated rings. The number of carbonyl (C=O) groups is 1. The summed E-state index contributed by atoms with van der Waals surface area (Å²) < 4.78 is 7.36. The minimum absolute atomic E-state index is 0.138. The number of carbonyl (C=O) groups excluding carboxylic acids is 1. The maximum atomic E-state index is 11.2. The second-order valence-corrected chi connectivity index (χ2v) is 3.25. The fourth-order valence-corrected chi connectivity index (χ4v) is 1.54. The van der Waals surface area contributed by atoms with Crippen molar-refractivity contribution in [3.05, 3.63) is 18.2 Å². The van der Waals surface area contributed by atoms with Crippen LogP contribution in [0.2, 0.25) is 0 Å². The standard InChI is InChI=1S/C9H12N2O2/c1-11-4-3-10-9(11)8-6-7(12)2-5-13-8/h3-4,8H,2,5-6H2,1H3. The SMILES string of the molecule is Cn1ccnc1C1CC(=O)CCO1. The van der Waals surface area contributed by atoms with Gasteiger partial charge in [0.15, 0.2) is 0 Å². The lowest BCUT2D eigenvalue weighted by molar-refractivity contribution is -0.129. The van der Waals surface area contributed by atoms with E-state index < -0.39 is 0 Å². The monoisotopic (exact) mass is 180 g/mol. The molecule has 0 aliphatic carbocycles. The van der Waals surface area contributed by atoms with Crippen molar-refractivity contribution < 1.29 is 9.53 Å². The van der Waals surface area contributed by atoms with E-state index in [0.717, 1.165) is 5.82 Å². The Hall–Kier alpha value is -1.16. The zero-order valence-electron chi connectivity index (χ0n) is 7.56. The second-order valence-electron chi connectivity index (χ2n) is 3.25. The Morgan fingerprint density at radius 2 is 2.54 bits per heavy atom. The van der Waals surface area contributed by atoms with E-state index in [4.69, 9.17) is 4.74 Å². The number of ketones is 1. The molecule has 0 saturated carbocycles. The van der Waals surface area contributed by atoms with Crippen molar-refractivity contribution in [1.29, 1.82) is 0 Å². The van der Waals surface area contributed by atoms with E-state index in [0.29, 0.717) is 19.4 Å². The molecule has 0 radical (unpaired) electrons. The Kier molecular flexibility index (Phi) is 2.14. The molecule has 2 rings (SSSR count). The highest BCUT2D eigenvalue weighted by molar-refractivity contribution is 5.79. The number of nitrogens with zero attached hydrogens (tertiary/aromatic N) is 2. The van der Waals surface area contributed by atoms with Crippen LogP contribution in [0.1, 0.15) is 24.8 Å². The minimum Gasteiger partial charge on any atom is -0.369 e. The number of imidazole rings is 1. The Bertz CT molecular complexity index is 319. The number of aryl methyl sites for hydroxylation is 1. The Morgan fingerprint density at radius 1 is 1.69 bits per heavy atom. The van der Waals surface area contributed by atoms with Gasteiger partial charge < -0.3 is 9.30 Å². The number of Topliss-reactive ketones (excluding diaryl/α,β-unsaturated/α-hetero) is 1. The zero-order chi connectivity index (χ0) is 9.26. The molecule has 4 heteroatoms. The average molecular weight is 180 g/mol. The maximum Gasteiger partial charge on any atom is 0.138 e. The van der Waals surface area contributed by atoms with Crippen molar-refractivity contribution in [2.75, 3.05) is 6.61 Å². The van der Waals surface area contributed by atoms with E-state index in [9.17, 15) is 4.79 Å². The quantitative estimate of drug-likeness (QED) is 0.643. The van der Waals surface area contributed by atoms with Gasteiger partial charge in [-0.3, -0.25) is 4.79 Å². The van der Waals surface area contributed by atoms with Crippen molar-refractivity contribution in [3.8, 4) is 0 Å². The third-order valence-corrected chi connectivity index (χ3v) is 2.26. The fourth-order valence-electron chi connectivity index (χ4n) is 1.54. The molecule has 1 aromatic heterocycles. The lowest BCUT2D eigenvalue weighted by Gasteiger charge is -2.21. The first-order chi connectivity index (χ1) is 6.27. The summed E-state index contributed by atoms with van der Waals surface area (Å²) in [6.45, 7) is 0.524. The van der Waals surface area contributed by atoms with Crippen LogP contribution in [0.4, 0.5) is 0 Å². The third-order valence-electron chi connectivity index (χ3n) is 2.26. The number of hydrogen-bond acceptors (Lipinski definition) is 3. The number of rotatable bonds is 1. The topological polar surface area (TPSA) is 44.1 Å². The van der Waals surface area contributed by atoms with Gasteiger partial charge in [0, 0.05) is 32.3 Å². The second kappa shape index (κ2) is 3.30. The predicted molar refractivity (Wildman–Crippen MR) is 46.1 cm³/mol. The summed E-state index contributed by atoms with van der Waals surface area (Å²) in [5, 5.41) is 0. The molecule has 1 saturated heterocycles. The summed E-state index contributed by atoms with van der Waals surface area (Å²) in [7, 11) is 1.91. The molecule has 0 amide bonds. The fraction of sp³-hybridized carbons (Fsp3) is 0.556. The highest BCUT2D eigenvalue weighted by atomic mass is 16.5. The number of ether oxygens (including phenoxy) is 1. The van der Waals surface area contributed by atoms with Crippen molar-refractivity contribution in [2.45, 2.75) is 18.9 Å². The van der Waals surface area contributed by atoms with Crippen molar-refractivity contribution in [2.24, 2.45) is 7.05 Å². The van der Waals surface area contributed by atoms with E-state index in [1.807, 2.05) is 17.8 Å². The summed E-state index contributed by atoms with van der Waals surface area (Å²) in [5.41, 5.74) is 0. The van der Waals surface area contributed by atoms with Crippen molar-refractivity contribution >= 4 is 5.78 Å². The molecule has 1 aromatic rings. The van der Waals surface area contributed by atoms with Crippen LogP contribution in [0, 0.1) is 0 Å². The molecule has 1 atom stereocenters. The molecule has 2 heterocycles. The largest absolute Gasteiger partial charge is 0.369 e. The normalized spacial score (nSPS) is 23.5. The molecule has 0 aromatic carbocycles. The van der Waals surface area contributed by atoms with E-state index >= 15 is 0 Å². The van der Waals surface area contributed by atoms with Gasteiger partial charge in [-0.2, -0.15) is 0 Å². The number of hydrogen-bond donors (Lipinski definition) is 0. The Morgan fingerprint density at radius 3 is 3.15 bits per heavy atom. The first kappa shape index (κ1) is 8.44. The lowest BCUT2D eigenvalue weighted by atomic mass is 10.1. The highest BCUT2D eigenvalue weighted by Crippen LogP contribution is 2.23. The molecular formula is C9H12N2O2. The van der Waals surface area contributed by atoms with Crippen LogP contribution in [0.5, 0.6) is 0 Å². The maximum absolute atomic E-state index is 11.2. The Balaban J connectivity index is 2.17. The molecule has 0 N–H and O–H groups in total. The zero-order valence-corrected chi connectivity index (χ0v) is 7.56. The molecular weight excluding hydrogens is 168 g/mol. The van der Waals surface area contributed by atoms with Gasteiger partial charge in [-0.15, -0.1) is 0 Å². The minimum atomic E-state index is -0.138. The van der Waals surface area contributed by atoms with Crippen molar-refractivity contribution in [3.63, 3.8) is 0 Å². The molecule has 1 aliphatic rings. The van der Waals surface area contributed by atoms with Gasteiger partial charge in [0.2, 0.25) is 0 Å². The van der Waals surface area contributed by atoms with Gasteiger partial charge in [0.1, 0.15) is 17.7 Å². The van der Waals surface area contributed by atoms with E-state index in [2.05, 4.69) is 4.98 Å². The lowest BCUT2D eigenvalue weighted by Crippen LogP contribution is -2.21. The number of aromatic nitrogens is 2.